The maximum Gasteiger partial charge on any atom is 0.227 e. The fourth-order valence-electron chi connectivity index (χ4n) is 4.29. The van der Waals surface area contributed by atoms with Gasteiger partial charge in [-0.3, -0.25) is 0 Å². The Morgan fingerprint density at radius 1 is 1.04 bits per heavy atom. The summed E-state index contributed by atoms with van der Waals surface area (Å²) in [6.07, 6.45) is -2.17. The summed E-state index contributed by atoms with van der Waals surface area (Å²) in [7, 11) is 0. The molecule has 27 heavy (non-hydrogen) atoms. The first-order valence-corrected chi connectivity index (χ1v) is 9.35. The van der Waals surface area contributed by atoms with Crippen LogP contribution in [0.25, 0.3) is 0 Å². The smallest absolute Gasteiger partial charge is 0.227 e. The molecule has 1 aromatic carbocycles. The molecular weight excluding hydrogens is 352 g/mol. The molecule has 3 heterocycles. The summed E-state index contributed by atoms with van der Waals surface area (Å²) >= 11 is 0. The van der Waals surface area contributed by atoms with Crippen molar-refractivity contribution < 1.29 is 33.9 Å². The number of ether oxygens (including phenoxy) is 5. The molecule has 0 unspecified atom stereocenters. The first-order chi connectivity index (χ1) is 12.6. The molecule has 7 nitrogen and oxygen atoms in total. The Hall–Kier alpha value is -1.06. The first-order valence-electron chi connectivity index (χ1n) is 9.35. The monoisotopic (exact) mass is 380 g/mol. The summed E-state index contributed by atoms with van der Waals surface area (Å²) in [5.74, 6) is -3.24. The van der Waals surface area contributed by atoms with E-state index >= 15 is 0 Å². The largest absolute Gasteiger partial charge is 0.388 e. The minimum Gasteiger partial charge on any atom is -0.388 e. The lowest BCUT2D eigenvalue weighted by atomic mass is 9.77. The zero-order valence-electron chi connectivity index (χ0n) is 16.2. The molecule has 0 aliphatic carbocycles. The number of hydrogen-bond donors (Lipinski definition) is 2. The molecular formula is C20H28O7. The molecule has 0 saturated carbocycles. The zero-order valence-corrected chi connectivity index (χ0v) is 16.2. The Bertz CT molecular complexity index is 689. The van der Waals surface area contributed by atoms with Gasteiger partial charge in [-0.2, -0.15) is 0 Å². The zero-order chi connectivity index (χ0) is 19.5. The van der Waals surface area contributed by atoms with Crippen molar-refractivity contribution in [3.8, 4) is 0 Å². The SMILES string of the molecule is CC1(C)O[C@@H]2[C@@H](CO[C@]3(COC(C)(C)O3)[C@@]2(O)C[C@@H](O)c2ccccc2)O1. The Morgan fingerprint density at radius 2 is 1.74 bits per heavy atom. The quantitative estimate of drug-likeness (QED) is 0.828. The number of aliphatic hydroxyl groups excluding tert-OH is 1. The van der Waals surface area contributed by atoms with Crippen molar-refractivity contribution in [2.75, 3.05) is 13.2 Å². The Balaban J connectivity index is 1.70. The van der Waals surface area contributed by atoms with Crippen molar-refractivity contribution in [1.29, 1.82) is 0 Å². The van der Waals surface area contributed by atoms with Gasteiger partial charge >= 0.3 is 0 Å². The van der Waals surface area contributed by atoms with E-state index in [2.05, 4.69) is 0 Å². The molecule has 3 aliphatic heterocycles. The summed E-state index contributed by atoms with van der Waals surface area (Å²) in [5.41, 5.74) is -0.980. The van der Waals surface area contributed by atoms with E-state index in [1.807, 2.05) is 30.3 Å². The number of aliphatic hydroxyl groups is 2. The van der Waals surface area contributed by atoms with Gasteiger partial charge in [-0.15, -0.1) is 0 Å². The molecule has 0 aromatic heterocycles. The van der Waals surface area contributed by atoms with Gasteiger partial charge in [-0.1, -0.05) is 30.3 Å². The molecule has 0 bridgehead atoms. The van der Waals surface area contributed by atoms with Crippen molar-refractivity contribution in [3.63, 3.8) is 0 Å². The lowest BCUT2D eigenvalue weighted by Gasteiger charge is -2.51. The molecule has 2 N–H and O–H groups in total. The van der Waals surface area contributed by atoms with Crippen LogP contribution in [-0.2, 0) is 23.7 Å². The van der Waals surface area contributed by atoms with Crippen LogP contribution in [0.15, 0.2) is 30.3 Å². The summed E-state index contributed by atoms with van der Waals surface area (Å²) < 4.78 is 29.8. The van der Waals surface area contributed by atoms with Gasteiger partial charge in [-0.05, 0) is 33.3 Å². The van der Waals surface area contributed by atoms with Gasteiger partial charge in [0, 0.05) is 6.42 Å². The van der Waals surface area contributed by atoms with Gasteiger partial charge in [0.25, 0.3) is 0 Å². The molecule has 150 valence electrons. The molecule has 3 saturated heterocycles. The normalized spacial score (nSPS) is 40.8. The van der Waals surface area contributed by atoms with Gasteiger partial charge in [0.1, 0.15) is 18.8 Å². The fourth-order valence-corrected chi connectivity index (χ4v) is 4.29. The average Bonchev–Trinajstić information content (AvgIpc) is 3.09. The van der Waals surface area contributed by atoms with Crippen LogP contribution in [0, 0.1) is 0 Å². The third-order valence-corrected chi connectivity index (χ3v) is 5.50. The fraction of sp³-hybridized carbons (Fsp3) is 0.700. The Morgan fingerprint density at radius 3 is 2.37 bits per heavy atom. The second-order valence-corrected chi connectivity index (χ2v) is 8.50. The van der Waals surface area contributed by atoms with Crippen LogP contribution in [0.5, 0.6) is 0 Å². The first kappa shape index (κ1) is 19.3. The second kappa shape index (κ2) is 6.22. The van der Waals surface area contributed by atoms with Gasteiger partial charge in [0.05, 0.1) is 12.7 Å². The predicted octanol–water partition coefficient (Wildman–Crippen LogP) is 1.87. The second-order valence-electron chi connectivity index (χ2n) is 8.50. The number of fused-ring (bicyclic) bond motifs is 1. The molecule has 3 fully saturated rings. The lowest BCUT2D eigenvalue weighted by molar-refractivity contribution is -0.371. The van der Waals surface area contributed by atoms with Crippen LogP contribution >= 0.6 is 0 Å². The summed E-state index contributed by atoms with van der Waals surface area (Å²) in [6, 6.07) is 9.19. The van der Waals surface area contributed by atoms with Crippen LogP contribution in [0.4, 0.5) is 0 Å². The predicted molar refractivity (Wildman–Crippen MR) is 94.6 cm³/mol. The van der Waals surface area contributed by atoms with E-state index in [0.29, 0.717) is 5.56 Å². The molecule has 5 atom stereocenters. The molecule has 1 spiro atoms. The van der Waals surface area contributed by atoms with Crippen LogP contribution < -0.4 is 0 Å². The van der Waals surface area contributed by atoms with Crippen LogP contribution in [0.2, 0.25) is 0 Å². The Kier molecular flexibility index (Phi) is 4.44. The van der Waals surface area contributed by atoms with Crippen molar-refractivity contribution in [2.24, 2.45) is 0 Å². The molecule has 1 aromatic rings. The third-order valence-electron chi connectivity index (χ3n) is 5.50. The molecule has 4 rings (SSSR count). The minimum absolute atomic E-state index is 0.0328. The standard InChI is InChI=1S/C20H28O7/c1-17(2)24-12-20(27-17)19(22,10-14(21)13-8-6-5-7-9-13)16-15(11-23-20)25-18(3,4)26-16/h5-9,14-16,21-22H,10-12H2,1-4H3/t14-,15-,16-,19-,20+/m1/s1. The molecule has 0 radical (unpaired) electrons. The topological polar surface area (TPSA) is 86.6 Å². The third kappa shape index (κ3) is 3.21. The maximum atomic E-state index is 11.9. The van der Waals surface area contributed by atoms with Crippen LogP contribution in [0.3, 0.4) is 0 Å². The van der Waals surface area contributed by atoms with Gasteiger partial charge in [0.2, 0.25) is 5.79 Å². The number of rotatable bonds is 3. The highest BCUT2D eigenvalue weighted by Crippen LogP contribution is 2.52. The Labute approximate surface area is 159 Å². The highest BCUT2D eigenvalue weighted by Gasteiger charge is 2.70. The van der Waals surface area contributed by atoms with Crippen molar-refractivity contribution in [1.82, 2.24) is 0 Å². The van der Waals surface area contributed by atoms with E-state index in [-0.39, 0.29) is 19.6 Å². The van der Waals surface area contributed by atoms with E-state index in [0.717, 1.165) is 0 Å². The van der Waals surface area contributed by atoms with E-state index in [1.165, 1.54) is 0 Å². The lowest BCUT2D eigenvalue weighted by Crippen LogP contribution is -2.71. The maximum absolute atomic E-state index is 11.9. The minimum atomic E-state index is -1.67. The van der Waals surface area contributed by atoms with Gasteiger partial charge < -0.3 is 33.9 Å². The van der Waals surface area contributed by atoms with Crippen LogP contribution in [-0.4, -0.2) is 58.6 Å². The molecule has 7 heteroatoms. The van der Waals surface area contributed by atoms with Crippen molar-refractivity contribution >= 4 is 0 Å². The van der Waals surface area contributed by atoms with E-state index in [4.69, 9.17) is 23.7 Å². The number of benzene rings is 1. The summed E-state index contributed by atoms with van der Waals surface area (Å²) in [4.78, 5) is 0. The van der Waals surface area contributed by atoms with Crippen molar-refractivity contribution in [3.05, 3.63) is 35.9 Å². The van der Waals surface area contributed by atoms with Gasteiger partial charge in [-0.25, -0.2) is 0 Å². The van der Waals surface area contributed by atoms with E-state index in [1.54, 1.807) is 27.7 Å². The molecule has 0 amide bonds. The summed E-state index contributed by atoms with van der Waals surface area (Å²) in [5, 5.41) is 22.7. The van der Waals surface area contributed by atoms with Crippen molar-refractivity contribution in [2.45, 2.75) is 75.4 Å². The molecule has 3 aliphatic rings. The van der Waals surface area contributed by atoms with E-state index < -0.39 is 41.3 Å². The highest BCUT2D eigenvalue weighted by molar-refractivity contribution is 5.20. The van der Waals surface area contributed by atoms with Crippen LogP contribution in [0.1, 0.15) is 45.8 Å². The van der Waals surface area contributed by atoms with E-state index in [9.17, 15) is 10.2 Å². The summed E-state index contributed by atoms with van der Waals surface area (Å²) in [6.45, 7) is 7.36. The highest BCUT2D eigenvalue weighted by atomic mass is 16.9. The van der Waals surface area contributed by atoms with Gasteiger partial charge in [0.15, 0.2) is 17.2 Å². The average molecular weight is 380 g/mol. The number of hydrogen-bond acceptors (Lipinski definition) is 7.